The second kappa shape index (κ2) is 7.22. The maximum absolute atomic E-state index is 12.2. The van der Waals surface area contributed by atoms with E-state index in [0.717, 1.165) is 61.9 Å². The Hall–Kier alpha value is -1.79. The molecule has 1 saturated carbocycles. The van der Waals surface area contributed by atoms with Crippen molar-refractivity contribution in [3.63, 3.8) is 0 Å². The van der Waals surface area contributed by atoms with Gasteiger partial charge in [-0.1, -0.05) is 6.92 Å². The number of aromatic nitrogens is 2. The number of pyridine rings is 1. The number of carbonyl (C=O) groups is 1. The minimum absolute atomic E-state index is 0. The first-order valence-electron chi connectivity index (χ1n) is 8.97. The van der Waals surface area contributed by atoms with Crippen LogP contribution in [0.4, 0.5) is 11.4 Å². The largest absolute Gasteiger partial charge is 0.369 e. The maximum atomic E-state index is 12.2. The summed E-state index contributed by atoms with van der Waals surface area (Å²) in [5, 5.41) is 4.13. The fourth-order valence-corrected chi connectivity index (χ4v) is 3.63. The number of hydrogen-bond donors (Lipinski definition) is 3. The van der Waals surface area contributed by atoms with Crippen LogP contribution < -0.4 is 16.0 Å². The average Bonchev–Trinajstić information content (AvgIpc) is 3.36. The predicted octanol–water partition coefficient (Wildman–Crippen LogP) is 2.82. The van der Waals surface area contributed by atoms with Gasteiger partial charge >= 0.3 is 0 Å². The van der Waals surface area contributed by atoms with Crippen LogP contribution in [0.1, 0.15) is 38.2 Å². The van der Waals surface area contributed by atoms with Crippen LogP contribution in [-0.2, 0) is 11.2 Å². The molecule has 1 unspecified atom stereocenters. The van der Waals surface area contributed by atoms with E-state index in [1.165, 1.54) is 11.3 Å². The van der Waals surface area contributed by atoms with E-state index in [1.54, 1.807) is 0 Å². The molecule has 4 rings (SSSR count). The molecule has 1 saturated heterocycles. The fourth-order valence-electron chi connectivity index (χ4n) is 3.63. The van der Waals surface area contributed by atoms with Crippen LogP contribution in [0.15, 0.2) is 12.4 Å². The van der Waals surface area contributed by atoms with E-state index < -0.39 is 0 Å². The van der Waals surface area contributed by atoms with Crippen LogP contribution in [0.5, 0.6) is 0 Å². The number of nitrogens with two attached hydrogens (primary N) is 1. The number of nitrogens with one attached hydrogen (secondary N) is 2. The quantitative estimate of drug-likeness (QED) is 0.779. The molecule has 4 N–H and O–H groups in total. The Morgan fingerprint density at radius 1 is 1.44 bits per heavy atom. The van der Waals surface area contributed by atoms with Crippen LogP contribution in [0, 0.1) is 5.92 Å². The van der Waals surface area contributed by atoms with Gasteiger partial charge < -0.3 is 20.9 Å². The predicted molar refractivity (Wildman–Crippen MR) is 103 cm³/mol. The molecule has 1 atom stereocenters. The number of aromatic amines is 1. The molecule has 7 heteroatoms. The van der Waals surface area contributed by atoms with Crippen molar-refractivity contribution < 1.29 is 4.79 Å². The first-order chi connectivity index (χ1) is 11.7. The Labute approximate surface area is 154 Å². The average molecular weight is 364 g/mol. The van der Waals surface area contributed by atoms with Crippen molar-refractivity contribution in [2.75, 3.05) is 23.3 Å². The molecular formula is C18H26ClN5O. The van der Waals surface area contributed by atoms with Gasteiger partial charge in [-0.2, -0.15) is 0 Å². The number of rotatable bonds is 4. The summed E-state index contributed by atoms with van der Waals surface area (Å²) in [6, 6.07) is 0.204. The molecule has 2 fully saturated rings. The van der Waals surface area contributed by atoms with E-state index in [9.17, 15) is 4.79 Å². The molecule has 0 bridgehead atoms. The third-order valence-electron chi connectivity index (χ3n) is 5.11. The lowest BCUT2D eigenvalue weighted by atomic mass is 10.0. The van der Waals surface area contributed by atoms with E-state index in [-0.39, 0.29) is 30.3 Å². The fraction of sp³-hybridized carbons (Fsp3) is 0.556. The van der Waals surface area contributed by atoms with Gasteiger partial charge in [0.2, 0.25) is 5.91 Å². The van der Waals surface area contributed by atoms with Crippen LogP contribution in [0.25, 0.3) is 11.0 Å². The summed E-state index contributed by atoms with van der Waals surface area (Å²) in [5.41, 5.74) is 10.3. The highest BCUT2D eigenvalue weighted by Gasteiger charge is 2.31. The zero-order valence-electron chi connectivity index (χ0n) is 14.5. The molecule has 1 aliphatic carbocycles. The van der Waals surface area contributed by atoms with Gasteiger partial charge in [-0.05, 0) is 37.7 Å². The number of aryl methyl sites for hydroxylation is 1. The van der Waals surface area contributed by atoms with Crippen molar-refractivity contribution in [3.8, 4) is 0 Å². The number of anilines is 2. The number of hydrogen-bond acceptors (Lipinski definition) is 4. The zero-order chi connectivity index (χ0) is 16.7. The lowest BCUT2D eigenvalue weighted by Crippen LogP contribution is -2.43. The van der Waals surface area contributed by atoms with Crippen molar-refractivity contribution in [3.05, 3.63) is 18.0 Å². The SMILES string of the molecule is CCc1cnc2[nH]cc(NC(=O)C3CC3)c2c1N1CCCC(N)C1.Cl. The molecule has 136 valence electrons. The molecule has 0 aromatic carbocycles. The van der Waals surface area contributed by atoms with Crippen molar-refractivity contribution in [1.29, 1.82) is 0 Å². The second-order valence-corrected chi connectivity index (χ2v) is 7.02. The normalized spacial score (nSPS) is 20.4. The minimum Gasteiger partial charge on any atom is -0.369 e. The van der Waals surface area contributed by atoms with Crippen molar-refractivity contribution in [1.82, 2.24) is 9.97 Å². The van der Waals surface area contributed by atoms with Crippen molar-refractivity contribution in [2.45, 2.75) is 45.1 Å². The summed E-state index contributed by atoms with van der Waals surface area (Å²) < 4.78 is 0. The minimum atomic E-state index is 0. The van der Waals surface area contributed by atoms with Gasteiger partial charge in [-0.15, -0.1) is 12.4 Å². The maximum Gasteiger partial charge on any atom is 0.227 e. The Kier molecular flexibility index (Phi) is 5.20. The van der Waals surface area contributed by atoms with E-state index in [4.69, 9.17) is 5.73 Å². The standard InChI is InChI=1S/C18H25N5O.ClH/c1-2-11-8-20-17-15(16(11)23-7-3-4-13(19)10-23)14(9-21-17)22-18(24)12-5-6-12;/h8-9,12-13H,2-7,10,19H2,1H3,(H,20,21)(H,22,24);1H. The lowest BCUT2D eigenvalue weighted by Gasteiger charge is -2.34. The molecular weight excluding hydrogens is 338 g/mol. The Bertz CT molecular complexity index is 770. The van der Waals surface area contributed by atoms with Crippen molar-refractivity contribution >= 4 is 40.7 Å². The molecule has 1 amide bonds. The Morgan fingerprint density at radius 2 is 2.24 bits per heavy atom. The lowest BCUT2D eigenvalue weighted by molar-refractivity contribution is -0.117. The van der Waals surface area contributed by atoms with Crippen LogP contribution >= 0.6 is 12.4 Å². The molecule has 0 radical (unpaired) electrons. The van der Waals surface area contributed by atoms with Crippen LogP contribution in [0.3, 0.4) is 0 Å². The van der Waals surface area contributed by atoms with Gasteiger partial charge in [0, 0.05) is 37.4 Å². The molecule has 3 heterocycles. The number of amides is 1. The van der Waals surface area contributed by atoms with Crippen LogP contribution in [-0.4, -0.2) is 35.0 Å². The van der Waals surface area contributed by atoms with Gasteiger partial charge in [0.05, 0.1) is 16.8 Å². The highest BCUT2D eigenvalue weighted by molar-refractivity contribution is 6.07. The first kappa shape index (κ1) is 18.0. The molecule has 25 heavy (non-hydrogen) atoms. The number of piperidine rings is 1. The van der Waals surface area contributed by atoms with Gasteiger partial charge in [0.25, 0.3) is 0 Å². The summed E-state index contributed by atoms with van der Waals surface area (Å²) in [7, 11) is 0. The Morgan fingerprint density at radius 3 is 2.92 bits per heavy atom. The highest BCUT2D eigenvalue weighted by atomic mass is 35.5. The molecule has 2 aliphatic rings. The molecule has 6 nitrogen and oxygen atoms in total. The van der Waals surface area contributed by atoms with E-state index >= 15 is 0 Å². The van der Waals surface area contributed by atoms with Crippen LogP contribution in [0.2, 0.25) is 0 Å². The number of carbonyl (C=O) groups excluding carboxylic acids is 1. The summed E-state index contributed by atoms with van der Waals surface area (Å²) in [4.78, 5) is 22.4. The summed E-state index contributed by atoms with van der Waals surface area (Å²) >= 11 is 0. The summed E-state index contributed by atoms with van der Waals surface area (Å²) in [6.45, 7) is 4.00. The highest BCUT2D eigenvalue weighted by Crippen LogP contribution is 2.38. The summed E-state index contributed by atoms with van der Waals surface area (Å²) in [6.07, 6.45) is 8.89. The van der Waals surface area contributed by atoms with Crippen molar-refractivity contribution in [2.24, 2.45) is 11.7 Å². The third-order valence-corrected chi connectivity index (χ3v) is 5.11. The molecule has 1 aliphatic heterocycles. The number of H-pyrrole nitrogens is 1. The van der Waals surface area contributed by atoms with E-state index in [0.29, 0.717) is 0 Å². The number of halogens is 1. The van der Waals surface area contributed by atoms with Gasteiger partial charge in [0.1, 0.15) is 5.65 Å². The zero-order valence-corrected chi connectivity index (χ0v) is 15.4. The molecule has 2 aromatic rings. The monoisotopic (exact) mass is 363 g/mol. The Balaban J connectivity index is 0.00000182. The molecule has 2 aromatic heterocycles. The van der Waals surface area contributed by atoms with Gasteiger partial charge in [-0.3, -0.25) is 4.79 Å². The van der Waals surface area contributed by atoms with Gasteiger partial charge in [-0.25, -0.2) is 4.98 Å². The topological polar surface area (TPSA) is 87.0 Å². The van der Waals surface area contributed by atoms with Gasteiger partial charge in [0.15, 0.2) is 0 Å². The number of nitrogens with zero attached hydrogens (tertiary/aromatic N) is 2. The first-order valence-corrected chi connectivity index (χ1v) is 8.97. The smallest absolute Gasteiger partial charge is 0.227 e. The van der Waals surface area contributed by atoms with E-state index in [1.807, 2.05) is 12.4 Å². The third kappa shape index (κ3) is 3.46. The van der Waals surface area contributed by atoms with E-state index in [2.05, 4.69) is 27.1 Å². The number of fused-ring (bicyclic) bond motifs is 1. The summed E-state index contributed by atoms with van der Waals surface area (Å²) in [5.74, 6) is 0.309. The second-order valence-electron chi connectivity index (χ2n) is 7.02. The molecule has 0 spiro atoms.